The van der Waals surface area contributed by atoms with E-state index in [1.807, 2.05) is 0 Å². The van der Waals surface area contributed by atoms with E-state index in [0.717, 1.165) is 0 Å². The van der Waals surface area contributed by atoms with Crippen LogP contribution in [0.4, 0.5) is 0 Å². The van der Waals surface area contributed by atoms with Gasteiger partial charge in [0.25, 0.3) is 0 Å². The van der Waals surface area contributed by atoms with Crippen LogP contribution in [-0.4, -0.2) is 54.1 Å². The molecule has 102 valence electrons. The number of hydrogen-bond acceptors (Lipinski definition) is 6. The highest BCUT2D eigenvalue weighted by molar-refractivity contribution is 7.94. The van der Waals surface area contributed by atoms with E-state index in [0.29, 0.717) is 0 Å². The molecule has 1 unspecified atom stereocenters. The third kappa shape index (κ3) is 2.18. The van der Waals surface area contributed by atoms with Gasteiger partial charge < -0.3 is 0 Å². The molecule has 0 saturated carbocycles. The Morgan fingerprint density at radius 3 is 1.53 bits per heavy atom. The van der Waals surface area contributed by atoms with E-state index in [4.69, 9.17) is 13.7 Å². The largest absolute Gasteiger partial charge is 0.450 e. The van der Waals surface area contributed by atoms with Crippen LogP contribution < -0.4 is 0 Å². The van der Waals surface area contributed by atoms with E-state index in [1.165, 1.54) is 0 Å². The molecule has 0 radical (unpaired) electrons. The lowest BCUT2D eigenvalue weighted by Crippen LogP contribution is -2.61. The van der Waals surface area contributed by atoms with Gasteiger partial charge in [-0.3, -0.25) is 4.55 Å². The van der Waals surface area contributed by atoms with Gasteiger partial charge in [-0.2, -0.15) is 8.42 Å². The molecule has 1 aliphatic heterocycles. The Bertz CT molecular complexity index is 581. The molecular formula is C4H10NO9S3+. The molecule has 3 N–H and O–H groups in total. The van der Waals surface area contributed by atoms with Crippen molar-refractivity contribution < 1.29 is 42.2 Å². The standard InChI is InChI=1S/C4H9NO9S3/c6-15(7,8)4-2-1-3-5(4,16(9,10)11)17(12,13)14/h4H,1-3H2,(H2-,6,7,8,9,10,11,12,13,14)/p+1. The predicted octanol–water partition coefficient (Wildman–Crippen LogP) is -1.58. The van der Waals surface area contributed by atoms with Gasteiger partial charge in [-0.05, 0) is 3.29 Å². The fourth-order valence-corrected chi connectivity index (χ4v) is 6.58. The average molecular weight is 312 g/mol. The highest BCUT2D eigenvalue weighted by atomic mass is 32.3. The van der Waals surface area contributed by atoms with Crippen molar-refractivity contribution in [2.45, 2.75) is 18.2 Å². The second-order valence-corrected chi connectivity index (χ2v) is 8.36. The second kappa shape index (κ2) is 3.84. The van der Waals surface area contributed by atoms with Gasteiger partial charge in [-0.1, -0.05) is 0 Å². The summed E-state index contributed by atoms with van der Waals surface area (Å²) < 4.78 is 90.2. The zero-order chi connectivity index (χ0) is 13.7. The van der Waals surface area contributed by atoms with Crippen LogP contribution in [0, 0.1) is 0 Å². The third-order valence-electron chi connectivity index (χ3n) is 2.48. The molecule has 17 heavy (non-hydrogen) atoms. The summed E-state index contributed by atoms with van der Waals surface area (Å²) in [7, 11) is -16.1. The molecule has 0 aliphatic carbocycles. The van der Waals surface area contributed by atoms with Crippen molar-refractivity contribution in [2.24, 2.45) is 0 Å². The van der Waals surface area contributed by atoms with Gasteiger partial charge in [0.15, 0.2) is 0 Å². The molecular weight excluding hydrogens is 302 g/mol. The fourth-order valence-electron chi connectivity index (χ4n) is 1.83. The maximum atomic E-state index is 11.1. The van der Waals surface area contributed by atoms with Crippen LogP contribution in [0.1, 0.15) is 12.8 Å². The summed E-state index contributed by atoms with van der Waals surface area (Å²) in [5.74, 6) is 0. The zero-order valence-corrected chi connectivity index (χ0v) is 10.6. The monoisotopic (exact) mass is 312 g/mol. The average Bonchev–Trinajstić information content (AvgIpc) is 2.42. The molecule has 13 heteroatoms. The summed E-state index contributed by atoms with van der Waals surface area (Å²) in [5, 5.41) is -2.37. The van der Waals surface area contributed by atoms with Gasteiger partial charge in [0.2, 0.25) is 5.37 Å². The Balaban J connectivity index is 3.69. The predicted molar refractivity (Wildman–Crippen MR) is 52.8 cm³/mol. The maximum Gasteiger partial charge on any atom is 0.450 e. The van der Waals surface area contributed by atoms with Crippen molar-refractivity contribution in [1.82, 2.24) is 0 Å². The van der Waals surface area contributed by atoms with Crippen LogP contribution in [0.5, 0.6) is 0 Å². The van der Waals surface area contributed by atoms with Gasteiger partial charge in [0.1, 0.15) is 6.54 Å². The van der Waals surface area contributed by atoms with E-state index in [-0.39, 0.29) is 6.42 Å². The lowest BCUT2D eigenvalue weighted by molar-refractivity contribution is -0.681. The van der Waals surface area contributed by atoms with E-state index in [2.05, 4.69) is 0 Å². The van der Waals surface area contributed by atoms with Gasteiger partial charge in [-0.25, -0.2) is 9.11 Å². The van der Waals surface area contributed by atoms with Crippen LogP contribution in [0.25, 0.3) is 0 Å². The maximum absolute atomic E-state index is 11.1. The van der Waals surface area contributed by atoms with Crippen LogP contribution >= 0.6 is 0 Å². The van der Waals surface area contributed by atoms with E-state index >= 15 is 0 Å². The Morgan fingerprint density at radius 1 is 0.882 bits per heavy atom. The highest BCUT2D eigenvalue weighted by Gasteiger charge is 2.66. The van der Waals surface area contributed by atoms with E-state index < -0.39 is 52.4 Å². The lowest BCUT2D eigenvalue weighted by atomic mass is 10.4. The van der Waals surface area contributed by atoms with Gasteiger partial charge >= 0.3 is 30.7 Å². The van der Waals surface area contributed by atoms with E-state index in [1.54, 1.807) is 0 Å². The smallest absolute Gasteiger partial charge is 0.281 e. The molecule has 10 nitrogen and oxygen atoms in total. The van der Waals surface area contributed by atoms with Crippen molar-refractivity contribution in [1.29, 1.82) is 0 Å². The topological polar surface area (TPSA) is 163 Å². The van der Waals surface area contributed by atoms with Crippen molar-refractivity contribution in [3.8, 4) is 0 Å². The molecule has 1 heterocycles. The van der Waals surface area contributed by atoms with Crippen molar-refractivity contribution in [3.05, 3.63) is 0 Å². The van der Waals surface area contributed by atoms with Gasteiger partial charge in [-0.15, -0.1) is 16.8 Å². The van der Waals surface area contributed by atoms with Gasteiger partial charge in [0, 0.05) is 12.8 Å². The molecule has 0 bridgehead atoms. The van der Waals surface area contributed by atoms with Crippen molar-refractivity contribution in [2.75, 3.05) is 6.54 Å². The minimum absolute atomic E-state index is 0.232. The molecule has 1 atom stereocenters. The highest BCUT2D eigenvalue weighted by Crippen LogP contribution is 2.36. The molecule has 1 fully saturated rings. The first-order chi connectivity index (χ1) is 7.34. The van der Waals surface area contributed by atoms with Crippen LogP contribution in [-0.2, 0) is 30.7 Å². The summed E-state index contributed by atoms with van der Waals surface area (Å²) in [6, 6.07) is 0. The molecule has 0 aromatic heterocycles. The quantitative estimate of drug-likeness (QED) is 0.412. The fraction of sp³-hybridized carbons (Fsp3) is 1.00. The van der Waals surface area contributed by atoms with Crippen molar-refractivity contribution >= 4 is 30.7 Å². The summed E-state index contributed by atoms with van der Waals surface area (Å²) >= 11 is 0. The molecule has 1 aliphatic rings. The second-order valence-electron chi connectivity index (χ2n) is 3.46. The minimum Gasteiger partial charge on any atom is -0.281 e. The molecule has 1 saturated heterocycles. The minimum atomic E-state index is -5.49. The van der Waals surface area contributed by atoms with Crippen LogP contribution in [0.2, 0.25) is 0 Å². The first-order valence-electron chi connectivity index (χ1n) is 4.13. The molecule has 0 aromatic carbocycles. The number of nitrogens with zero attached hydrogens (tertiary/aromatic N) is 1. The Hall–Kier alpha value is -0.310. The summed E-state index contributed by atoms with van der Waals surface area (Å²) in [6.07, 6.45) is -0.761. The first kappa shape index (κ1) is 14.7. The molecule has 0 aromatic rings. The Morgan fingerprint density at radius 2 is 1.29 bits per heavy atom. The third-order valence-corrected chi connectivity index (χ3v) is 7.60. The lowest BCUT2D eigenvalue weighted by Gasteiger charge is -2.28. The van der Waals surface area contributed by atoms with Gasteiger partial charge in [0.05, 0.1) is 0 Å². The Kier molecular flexibility index (Phi) is 3.33. The number of hydrogen-bond donors (Lipinski definition) is 3. The summed E-state index contributed by atoms with van der Waals surface area (Å²) in [5.41, 5.74) is 0. The molecule has 0 amide bonds. The molecule has 1 rings (SSSR count). The van der Waals surface area contributed by atoms with E-state index in [9.17, 15) is 25.3 Å². The SMILES string of the molecule is O=S(=O)(O)C1CCC[N+]1(S(=O)(=O)O)S(=O)(=O)O. The first-order valence-corrected chi connectivity index (χ1v) is 8.43. The number of rotatable bonds is 3. The zero-order valence-electron chi connectivity index (χ0n) is 8.16. The Labute approximate surface area is 98.0 Å². The number of quaternary nitrogens is 1. The summed E-state index contributed by atoms with van der Waals surface area (Å²) in [4.78, 5) is 0. The van der Waals surface area contributed by atoms with Crippen LogP contribution in [0.3, 0.4) is 0 Å². The summed E-state index contributed by atoms with van der Waals surface area (Å²) in [6.45, 7) is -0.873. The van der Waals surface area contributed by atoms with Crippen LogP contribution in [0.15, 0.2) is 0 Å². The molecule has 0 spiro atoms. The normalized spacial score (nSPS) is 25.9. The van der Waals surface area contributed by atoms with Crippen molar-refractivity contribution in [3.63, 3.8) is 0 Å².